The molecule has 1 aliphatic carbocycles. The molecule has 0 saturated heterocycles. The fraction of sp³-hybridized carbons (Fsp3) is 0.600. The Morgan fingerprint density at radius 1 is 1.33 bits per heavy atom. The topological polar surface area (TPSA) is 40.5 Å². The number of aliphatic hydroxyl groups excluding tert-OH is 2. The number of hydrogen-bond acceptors (Lipinski definition) is 2. The first kappa shape index (κ1) is 9.49. The van der Waals surface area contributed by atoms with Crippen LogP contribution in [0.4, 0.5) is 0 Å². The molecule has 68 valence electrons. The van der Waals surface area contributed by atoms with Crippen molar-refractivity contribution in [1.29, 1.82) is 0 Å². The van der Waals surface area contributed by atoms with E-state index in [0.29, 0.717) is 5.92 Å². The molecule has 0 amide bonds. The number of allylic oxidation sites excluding steroid dienone is 3. The van der Waals surface area contributed by atoms with E-state index in [1.807, 2.05) is 18.2 Å². The van der Waals surface area contributed by atoms with Crippen LogP contribution in [0.1, 0.15) is 13.3 Å². The van der Waals surface area contributed by atoms with Crippen molar-refractivity contribution in [2.75, 3.05) is 6.61 Å². The van der Waals surface area contributed by atoms with Crippen molar-refractivity contribution in [2.45, 2.75) is 19.4 Å². The summed E-state index contributed by atoms with van der Waals surface area (Å²) in [7, 11) is 0. The Morgan fingerprint density at radius 2 is 2.00 bits per heavy atom. The molecule has 12 heavy (non-hydrogen) atoms. The molecule has 1 aliphatic rings. The summed E-state index contributed by atoms with van der Waals surface area (Å²) in [4.78, 5) is 0. The molecule has 0 aromatic carbocycles. The average Bonchev–Trinajstić information content (AvgIpc) is 2.16. The first-order valence-corrected chi connectivity index (χ1v) is 4.43. The van der Waals surface area contributed by atoms with E-state index in [4.69, 9.17) is 5.11 Å². The molecule has 0 radical (unpaired) electrons. The molecule has 0 aliphatic heterocycles. The third-order valence-electron chi connectivity index (χ3n) is 2.40. The molecule has 2 nitrogen and oxygen atoms in total. The largest absolute Gasteiger partial charge is 0.394 e. The summed E-state index contributed by atoms with van der Waals surface area (Å²) < 4.78 is 0. The summed E-state index contributed by atoms with van der Waals surface area (Å²) in [5.74, 6) is 0.460. The Morgan fingerprint density at radius 3 is 2.58 bits per heavy atom. The van der Waals surface area contributed by atoms with Crippen molar-refractivity contribution in [3.05, 3.63) is 24.3 Å². The second kappa shape index (κ2) is 4.43. The predicted molar refractivity (Wildman–Crippen MR) is 48.6 cm³/mol. The van der Waals surface area contributed by atoms with Crippen LogP contribution in [0, 0.1) is 11.8 Å². The maximum atomic E-state index is 9.45. The molecule has 0 bridgehead atoms. The SMILES string of the molecule is CCC1C=CC=CC1C(O)CO. The first-order chi connectivity index (χ1) is 5.79. The van der Waals surface area contributed by atoms with Gasteiger partial charge < -0.3 is 10.2 Å². The molecule has 2 N–H and O–H groups in total. The van der Waals surface area contributed by atoms with Crippen molar-refractivity contribution in [3.8, 4) is 0 Å². The van der Waals surface area contributed by atoms with Crippen LogP contribution in [-0.2, 0) is 0 Å². The van der Waals surface area contributed by atoms with Gasteiger partial charge in [0.1, 0.15) is 0 Å². The highest BCUT2D eigenvalue weighted by molar-refractivity contribution is 5.15. The van der Waals surface area contributed by atoms with E-state index >= 15 is 0 Å². The van der Waals surface area contributed by atoms with Crippen molar-refractivity contribution >= 4 is 0 Å². The van der Waals surface area contributed by atoms with Gasteiger partial charge in [0, 0.05) is 5.92 Å². The minimum Gasteiger partial charge on any atom is -0.394 e. The number of aliphatic hydroxyl groups is 2. The summed E-state index contributed by atoms with van der Waals surface area (Å²) in [6.07, 6.45) is 8.36. The van der Waals surface area contributed by atoms with Crippen molar-refractivity contribution in [2.24, 2.45) is 11.8 Å². The Kier molecular flexibility index (Phi) is 3.50. The van der Waals surface area contributed by atoms with Gasteiger partial charge in [-0.05, 0) is 12.3 Å². The van der Waals surface area contributed by atoms with Gasteiger partial charge >= 0.3 is 0 Å². The highest BCUT2D eigenvalue weighted by Gasteiger charge is 2.23. The van der Waals surface area contributed by atoms with Crippen LogP contribution in [0.5, 0.6) is 0 Å². The molecule has 1 rings (SSSR count). The second-order valence-corrected chi connectivity index (χ2v) is 3.17. The molecule has 0 heterocycles. The zero-order chi connectivity index (χ0) is 8.97. The second-order valence-electron chi connectivity index (χ2n) is 3.17. The Balaban J connectivity index is 2.61. The molecule has 0 spiro atoms. The van der Waals surface area contributed by atoms with Crippen LogP contribution in [-0.4, -0.2) is 22.9 Å². The van der Waals surface area contributed by atoms with Crippen molar-refractivity contribution in [3.63, 3.8) is 0 Å². The lowest BCUT2D eigenvalue weighted by atomic mass is 9.83. The lowest BCUT2D eigenvalue weighted by Gasteiger charge is -2.26. The molecule has 3 atom stereocenters. The Labute approximate surface area is 73.2 Å². The summed E-state index contributed by atoms with van der Waals surface area (Å²) in [6, 6.07) is 0. The van der Waals surface area contributed by atoms with Gasteiger partial charge in [0.25, 0.3) is 0 Å². The third-order valence-corrected chi connectivity index (χ3v) is 2.40. The molecular formula is C10H16O2. The van der Waals surface area contributed by atoms with Crippen molar-refractivity contribution in [1.82, 2.24) is 0 Å². The monoisotopic (exact) mass is 168 g/mol. The van der Waals surface area contributed by atoms with Gasteiger partial charge in [0.05, 0.1) is 12.7 Å². The van der Waals surface area contributed by atoms with Gasteiger partial charge in [-0.2, -0.15) is 0 Å². The fourth-order valence-electron chi connectivity index (χ4n) is 1.61. The molecule has 0 fully saturated rings. The third kappa shape index (κ3) is 1.96. The highest BCUT2D eigenvalue weighted by atomic mass is 16.3. The zero-order valence-electron chi connectivity index (χ0n) is 7.35. The van der Waals surface area contributed by atoms with E-state index in [0.717, 1.165) is 6.42 Å². The molecule has 2 heteroatoms. The standard InChI is InChI=1S/C10H16O2/c1-2-8-5-3-4-6-9(8)10(12)7-11/h3-6,8-12H,2,7H2,1H3. The van der Waals surface area contributed by atoms with Crippen LogP contribution in [0.25, 0.3) is 0 Å². The van der Waals surface area contributed by atoms with E-state index in [9.17, 15) is 5.11 Å². The lowest BCUT2D eigenvalue weighted by molar-refractivity contribution is 0.0483. The molecular weight excluding hydrogens is 152 g/mol. The van der Waals surface area contributed by atoms with Gasteiger partial charge in [0.2, 0.25) is 0 Å². The van der Waals surface area contributed by atoms with Crippen LogP contribution < -0.4 is 0 Å². The maximum Gasteiger partial charge on any atom is 0.0839 e. The first-order valence-electron chi connectivity index (χ1n) is 4.43. The van der Waals surface area contributed by atoms with Crippen LogP contribution >= 0.6 is 0 Å². The highest BCUT2D eigenvalue weighted by Crippen LogP contribution is 2.25. The minimum atomic E-state index is -0.615. The molecule has 0 aromatic rings. The average molecular weight is 168 g/mol. The smallest absolute Gasteiger partial charge is 0.0839 e. The van der Waals surface area contributed by atoms with Gasteiger partial charge in [-0.1, -0.05) is 31.2 Å². The van der Waals surface area contributed by atoms with E-state index in [1.165, 1.54) is 0 Å². The van der Waals surface area contributed by atoms with E-state index in [1.54, 1.807) is 0 Å². The Bertz CT molecular complexity index is 184. The van der Waals surface area contributed by atoms with E-state index < -0.39 is 6.10 Å². The quantitative estimate of drug-likeness (QED) is 0.662. The number of rotatable bonds is 3. The summed E-state index contributed by atoms with van der Waals surface area (Å²) in [6.45, 7) is 1.94. The van der Waals surface area contributed by atoms with E-state index in [2.05, 4.69) is 13.0 Å². The predicted octanol–water partition coefficient (Wildman–Crippen LogP) is 1.11. The Hall–Kier alpha value is -0.600. The summed E-state index contributed by atoms with van der Waals surface area (Å²) >= 11 is 0. The normalized spacial score (nSPS) is 30.6. The molecule has 0 aromatic heterocycles. The zero-order valence-corrected chi connectivity index (χ0v) is 7.35. The number of hydrogen-bond donors (Lipinski definition) is 2. The van der Waals surface area contributed by atoms with Gasteiger partial charge in [-0.25, -0.2) is 0 Å². The van der Waals surface area contributed by atoms with Crippen LogP contribution in [0.3, 0.4) is 0 Å². The summed E-state index contributed by atoms with van der Waals surface area (Å²) in [5, 5.41) is 18.2. The van der Waals surface area contributed by atoms with Crippen molar-refractivity contribution < 1.29 is 10.2 Å². The van der Waals surface area contributed by atoms with Gasteiger partial charge in [-0.3, -0.25) is 0 Å². The molecule has 3 unspecified atom stereocenters. The van der Waals surface area contributed by atoms with Crippen LogP contribution in [0.2, 0.25) is 0 Å². The van der Waals surface area contributed by atoms with E-state index in [-0.39, 0.29) is 12.5 Å². The molecule has 0 saturated carbocycles. The minimum absolute atomic E-state index is 0.0880. The summed E-state index contributed by atoms with van der Waals surface area (Å²) in [5.41, 5.74) is 0. The van der Waals surface area contributed by atoms with Crippen LogP contribution in [0.15, 0.2) is 24.3 Å². The fourth-order valence-corrected chi connectivity index (χ4v) is 1.61. The lowest BCUT2D eigenvalue weighted by Crippen LogP contribution is -2.29. The van der Waals surface area contributed by atoms with Gasteiger partial charge in [0.15, 0.2) is 0 Å². The maximum absolute atomic E-state index is 9.45. The van der Waals surface area contributed by atoms with Gasteiger partial charge in [-0.15, -0.1) is 0 Å².